The molecule has 5 rings (SSSR count). The zero-order valence-electron chi connectivity index (χ0n) is 17.6. The van der Waals surface area contributed by atoms with E-state index in [0.29, 0.717) is 22.2 Å². The Hall–Kier alpha value is -3.20. The Balaban J connectivity index is 1.24. The first-order chi connectivity index (χ1) is 16.3. The zero-order valence-corrected chi connectivity index (χ0v) is 19.9. The highest BCUT2D eigenvalue weighted by molar-refractivity contribution is 7.92. The molecule has 1 amide bonds. The van der Waals surface area contributed by atoms with Crippen LogP contribution in [0, 0.1) is 5.92 Å². The molecule has 2 heterocycles. The molecule has 1 saturated carbocycles. The number of carbonyl (C=O) groups is 1. The van der Waals surface area contributed by atoms with Crippen LogP contribution in [0.4, 0.5) is 11.5 Å². The van der Waals surface area contributed by atoms with Crippen LogP contribution < -0.4 is 10.0 Å². The maximum Gasteiger partial charge on any atom is 0.263 e. The molecule has 2 unspecified atom stereocenters. The fourth-order valence-electron chi connectivity index (χ4n) is 3.82. The summed E-state index contributed by atoms with van der Waals surface area (Å²) < 4.78 is 27.7. The second-order valence-corrected chi connectivity index (χ2v) is 10.6. The molecule has 2 aromatic heterocycles. The molecule has 2 atom stereocenters. The quantitative estimate of drug-likeness (QED) is 0.356. The van der Waals surface area contributed by atoms with E-state index in [9.17, 15) is 13.2 Å². The Bertz CT molecular complexity index is 1490. The third-order valence-corrected chi connectivity index (χ3v) is 7.59. The van der Waals surface area contributed by atoms with Crippen LogP contribution in [0.5, 0.6) is 0 Å². The summed E-state index contributed by atoms with van der Waals surface area (Å²) >= 11 is 12.0. The summed E-state index contributed by atoms with van der Waals surface area (Å²) in [6.45, 7) is 0. The summed E-state index contributed by atoms with van der Waals surface area (Å²) in [6.07, 6.45) is 5.35. The van der Waals surface area contributed by atoms with Gasteiger partial charge in [-0.2, -0.15) is 0 Å². The Morgan fingerprint density at radius 2 is 1.76 bits per heavy atom. The van der Waals surface area contributed by atoms with E-state index >= 15 is 0 Å². The first-order valence-corrected chi connectivity index (χ1v) is 12.6. The van der Waals surface area contributed by atoms with E-state index in [2.05, 4.69) is 20.0 Å². The molecular formula is C24H18Cl2N4O3S. The number of rotatable bonds is 6. The van der Waals surface area contributed by atoms with Crippen LogP contribution >= 0.6 is 23.2 Å². The maximum absolute atomic E-state index is 12.8. The van der Waals surface area contributed by atoms with Crippen molar-refractivity contribution in [2.75, 3.05) is 10.0 Å². The van der Waals surface area contributed by atoms with Crippen molar-refractivity contribution in [1.82, 2.24) is 9.97 Å². The SMILES string of the molecule is O=C(Nc1ccc2cncc(Cl)c2c1)C1CC1c1ccc(S(=O)(=O)Nc2ccc(Cl)cn2)cc1. The number of nitrogens with zero attached hydrogens (tertiary/aromatic N) is 2. The van der Waals surface area contributed by atoms with Crippen molar-refractivity contribution >= 4 is 61.4 Å². The molecule has 2 N–H and O–H groups in total. The number of halogens is 2. The molecule has 10 heteroatoms. The Labute approximate surface area is 206 Å². The molecule has 34 heavy (non-hydrogen) atoms. The molecule has 0 spiro atoms. The van der Waals surface area contributed by atoms with Crippen molar-refractivity contribution in [3.05, 3.63) is 88.8 Å². The molecule has 1 aliphatic rings. The minimum absolute atomic E-state index is 0.0379. The number of benzene rings is 2. The largest absolute Gasteiger partial charge is 0.326 e. The third kappa shape index (κ3) is 4.70. The lowest BCUT2D eigenvalue weighted by atomic mass is 10.1. The van der Waals surface area contributed by atoms with Crippen LogP contribution in [-0.2, 0) is 14.8 Å². The summed E-state index contributed by atoms with van der Waals surface area (Å²) in [5.41, 5.74) is 1.58. The molecule has 1 fully saturated rings. The number of fused-ring (bicyclic) bond motifs is 1. The maximum atomic E-state index is 12.8. The monoisotopic (exact) mass is 512 g/mol. The van der Waals surface area contributed by atoms with Gasteiger partial charge in [0.1, 0.15) is 5.82 Å². The zero-order chi connectivity index (χ0) is 23.9. The van der Waals surface area contributed by atoms with Crippen LogP contribution in [-0.4, -0.2) is 24.3 Å². The Kier molecular flexibility index (Phi) is 5.89. The second-order valence-electron chi connectivity index (χ2n) is 8.03. The van der Waals surface area contributed by atoms with Gasteiger partial charge in [0.15, 0.2) is 0 Å². The van der Waals surface area contributed by atoms with Gasteiger partial charge in [0.25, 0.3) is 10.0 Å². The van der Waals surface area contributed by atoms with E-state index in [1.165, 1.54) is 24.4 Å². The van der Waals surface area contributed by atoms with Crippen molar-refractivity contribution in [2.45, 2.75) is 17.2 Å². The van der Waals surface area contributed by atoms with Gasteiger partial charge in [0, 0.05) is 41.0 Å². The van der Waals surface area contributed by atoms with Crippen LogP contribution in [0.3, 0.4) is 0 Å². The smallest absolute Gasteiger partial charge is 0.263 e. The van der Waals surface area contributed by atoms with Crippen LogP contribution in [0.15, 0.2) is 78.1 Å². The van der Waals surface area contributed by atoms with Gasteiger partial charge in [0.05, 0.1) is 14.9 Å². The minimum atomic E-state index is -3.79. The Morgan fingerprint density at radius 3 is 2.50 bits per heavy atom. The number of carbonyl (C=O) groups excluding carboxylic acids is 1. The van der Waals surface area contributed by atoms with Gasteiger partial charge in [-0.1, -0.05) is 41.4 Å². The highest BCUT2D eigenvalue weighted by Crippen LogP contribution is 2.48. The average Bonchev–Trinajstić information content (AvgIpc) is 3.62. The first-order valence-electron chi connectivity index (χ1n) is 10.4. The van der Waals surface area contributed by atoms with Crippen LogP contribution in [0.1, 0.15) is 17.9 Å². The van der Waals surface area contributed by atoms with Crippen molar-refractivity contribution in [3.8, 4) is 0 Å². The predicted octanol–water partition coefficient (Wildman–Crippen LogP) is 5.48. The molecule has 2 aromatic carbocycles. The summed E-state index contributed by atoms with van der Waals surface area (Å²) in [6, 6.07) is 15.1. The number of aromatic nitrogens is 2. The van der Waals surface area contributed by atoms with Gasteiger partial charge >= 0.3 is 0 Å². The molecule has 7 nitrogen and oxygen atoms in total. The molecule has 172 valence electrons. The normalized spacial score (nSPS) is 17.4. The van der Waals surface area contributed by atoms with E-state index < -0.39 is 10.0 Å². The summed E-state index contributed by atoms with van der Waals surface area (Å²) in [5.74, 6) is -0.0429. The number of hydrogen-bond acceptors (Lipinski definition) is 5. The fraction of sp³-hybridized carbons (Fsp3) is 0.125. The topological polar surface area (TPSA) is 101 Å². The molecular weight excluding hydrogens is 495 g/mol. The van der Waals surface area contributed by atoms with Crippen molar-refractivity contribution in [2.24, 2.45) is 5.92 Å². The summed E-state index contributed by atoms with van der Waals surface area (Å²) in [7, 11) is -3.79. The lowest BCUT2D eigenvalue weighted by Crippen LogP contribution is -2.15. The van der Waals surface area contributed by atoms with Gasteiger partial charge in [0.2, 0.25) is 5.91 Å². The highest BCUT2D eigenvalue weighted by Gasteiger charge is 2.44. The van der Waals surface area contributed by atoms with Crippen molar-refractivity contribution in [3.63, 3.8) is 0 Å². The third-order valence-electron chi connectivity index (χ3n) is 5.69. The predicted molar refractivity (Wildman–Crippen MR) is 133 cm³/mol. The number of hydrogen-bond donors (Lipinski definition) is 2. The van der Waals surface area contributed by atoms with E-state index in [1.807, 2.05) is 18.2 Å². The molecule has 0 aliphatic heterocycles. The second kappa shape index (κ2) is 8.87. The van der Waals surface area contributed by atoms with E-state index in [0.717, 1.165) is 16.3 Å². The molecule has 4 aromatic rings. The van der Waals surface area contributed by atoms with E-state index in [-0.39, 0.29) is 28.5 Å². The molecule has 0 radical (unpaired) electrons. The lowest BCUT2D eigenvalue weighted by Gasteiger charge is -2.09. The van der Waals surface area contributed by atoms with Crippen LogP contribution in [0.25, 0.3) is 10.8 Å². The van der Waals surface area contributed by atoms with Gasteiger partial charge in [-0.15, -0.1) is 0 Å². The van der Waals surface area contributed by atoms with E-state index in [4.69, 9.17) is 23.2 Å². The van der Waals surface area contributed by atoms with Crippen molar-refractivity contribution < 1.29 is 13.2 Å². The van der Waals surface area contributed by atoms with Gasteiger partial charge < -0.3 is 5.32 Å². The lowest BCUT2D eigenvalue weighted by molar-refractivity contribution is -0.117. The molecule has 1 aliphatic carbocycles. The number of nitrogens with one attached hydrogen (secondary N) is 2. The number of pyridine rings is 2. The van der Waals surface area contributed by atoms with Gasteiger partial charge in [-0.25, -0.2) is 13.4 Å². The Morgan fingerprint density at radius 1 is 0.971 bits per heavy atom. The summed E-state index contributed by atoms with van der Waals surface area (Å²) in [5, 5.41) is 5.60. The van der Waals surface area contributed by atoms with Crippen LogP contribution in [0.2, 0.25) is 10.0 Å². The summed E-state index contributed by atoms with van der Waals surface area (Å²) in [4.78, 5) is 20.9. The molecule has 0 bridgehead atoms. The van der Waals surface area contributed by atoms with Gasteiger partial charge in [-0.3, -0.25) is 14.5 Å². The highest BCUT2D eigenvalue weighted by atomic mass is 35.5. The number of anilines is 2. The minimum Gasteiger partial charge on any atom is -0.326 e. The number of amides is 1. The van der Waals surface area contributed by atoms with Crippen molar-refractivity contribution in [1.29, 1.82) is 0 Å². The van der Waals surface area contributed by atoms with E-state index in [1.54, 1.807) is 30.6 Å². The first kappa shape index (κ1) is 22.6. The average molecular weight is 513 g/mol. The molecule has 0 saturated heterocycles. The standard InChI is InChI=1S/C24H18Cl2N4O3S/c25-16-4-8-23(28-12-16)30-34(32,33)18-6-2-14(3-7-18)19-10-21(19)24(31)29-17-5-1-15-11-27-13-22(26)20(15)9-17/h1-9,11-13,19,21H,10H2,(H,28,30)(H,29,31). The fourth-order valence-corrected chi connectivity index (χ4v) is 5.16. The van der Waals surface area contributed by atoms with Gasteiger partial charge in [-0.05, 0) is 54.3 Å². The number of sulfonamides is 1.